The summed E-state index contributed by atoms with van der Waals surface area (Å²) in [7, 11) is 1.77. The average Bonchev–Trinajstić information content (AvgIpc) is 2.85. The maximum absolute atomic E-state index is 12.5. The molecule has 23 heavy (non-hydrogen) atoms. The molecule has 0 atom stereocenters. The molecule has 0 unspecified atom stereocenters. The first-order chi connectivity index (χ1) is 10.9. The van der Waals surface area contributed by atoms with Crippen LogP contribution < -0.4 is 5.32 Å². The Kier molecular flexibility index (Phi) is 3.60. The van der Waals surface area contributed by atoms with Crippen molar-refractivity contribution in [2.24, 2.45) is 7.05 Å². The third-order valence-corrected chi connectivity index (χ3v) is 3.65. The number of aromatic nitrogens is 1. The molecule has 3 rings (SSSR count). The summed E-state index contributed by atoms with van der Waals surface area (Å²) < 4.78 is 39.3. The molecule has 3 aromatic rings. The lowest BCUT2D eigenvalue weighted by Gasteiger charge is -2.09. The van der Waals surface area contributed by atoms with Crippen molar-refractivity contribution < 1.29 is 18.0 Å². The predicted molar refractivity (Wildman–Crippen MR) is 82.3 cm³/mol. The van der Waals surface area contributed by atoms with Crippen molar-refractivity contribution in [2.75, 3.05) is 5.32 Å². The van der Waals surface area contributed by atoms with E-state index in [1.165, 1.54) is 12.1 Å². The number of aryl methyl sites for hydroxylation is 1. The molecule has 0 bridgehead atoms. The molecule has 0 spiro atoms. The number of benzene rings is 2. The Bertz CT molecular complexity index is 864. The van der Waals surface area contributed by atoms with Crippen LogP contribution in [0.4, 0.5) is 18.9 Å². The molecule has 0 aliphatic heterocycles. The van der Waals surface area contributed by atoms with E-state index in [4.69, 9.17) is 0 Å². The fourth-order valence-electron chi connectivity index (χ4n) is 2.44. The van der Waals surface area contributed by atoms with Crippen LogP contribution >= 0.6 is 0 Å². The number of hydrogen-bond donors (Lipinski definition) is 1. The van der Waals surface area contributed by atoms with Crippen molar-refractivity contribution in [3.8, 4) is 0 Å². The van der Waals surface area contributed by atoms with Crippen molar-refractivity contribution in [3.05, 3.63) is 65.9 Å². The van der Waals surface area contributed by atoms with Gasteiger partial charge in [0.25, 0.3) is 5.91 Å². The van der Waals surface area contributed by atoms with Gasteiger partial charge in [0.1, 0.15) is 5.69 Å². The van der Waals surface area contributed by atoms with Crippen LogP contribution in [0.3, 0.4) is 0 Å². The van der Waals surface area contributed by atoms with Crippen LogP contribution in [0, 0.1) is 0 Å². The molecule has 1 amide bonds. The van der Waals surface area contributed by atoms with Gasteiger partial charge in [-0.1, -0.05) is 18.2 Å². The second-order valence-corrected chi connectivity index (χ2v) is 5.18. The second-order valence-electron chi connectivity index (χ2n) is 5.18. The molecule has 118 valence electrons. The smallest absolute Gasteiger partial charge is 0.340 e. The van der Waals surface area contributed by atoms with Crippen LogP contribution in [-0.4, -0.2) is 10.5 Å². The van der Waals surface area contributed by atoms with E-state index in [1.54, 1.807) is 17.7 Å². The van der Waals surface area contributed by atoms with Gasteiger partial charge in [-0.15, -0.1) is 0 Å². The van der Waals surface area contributed by atoms with E-state index in [1.807, 2.05) is 24.3 Å². The highest BCUT2D eigenvalue weighted by Gasteiger charge is 2.30. The lowest BCUT2D eigenvalue weighted by molar-refractivity contribution is -0.137. The van der Waals surface area contributed by atoms with Gasteiger partial charge in [-0.2, -0.15) is 13.2 Å². The number of alkyl halides is 3. The topological polar surface area (TPSA) is 34.0 Å². The molecule has 1 aromatic heterocycles. The molecule has 0 saturated heterocycles. The number of fused-ring (bicyclic) bond motifs is 1. The van der Waals surface area contributed by atoms with Gasteiger partial charge in [0.05, 0.1) is 5.56 Å². The minimum Gasteiger partial charge on any atom is -0.340 e. The third kappa shape index (κ3) is 2.92. The van der Waals surface area contributed by atoms with Gasteiger partial charge in [-0.25, -0.2) is 0 Å². The van der Waals surface area contributed by atoms with Crippen LogP contribution in [0.25, 0.3) is 10.9 Å². The average molecular weight is 318 g/mol. The van der Waals surface area contributed by atoms with Crippen LogP contribution in [-0.2, 0) is 13.2 Å². The molecule has 3 nitrogen and oxygen atoms in total. The van der Waals surface area contributed by atoms with Crippen molar-refractivity contribution in [1.82, 2.24) is 4.57 Å². The van der Waals surface area contributed by atoms with Gasteiger partial charge >= 0.3 is 6.18 Å². The van der Waals surface area contributed by atoms with Gasteiger partial charge in [0.15, 0.2) is 0 Å². The Labute approximate surface area is 130 Å². The highest BCUT2D eigenvalue weighted by molar-refractivity contribution is 6.06. The van der Waals surface area contributed by atoms with E-state index in [0.717, 1.165) is 23.0 Å². The Morgan fingerprint density at radius 2 is 1.70 bits per heavy atom. The third-order valence-electron chi connectivity index (χ3n) is 3.65. The molecule has 2 aromatic carbocycles. The number of amides is 1. The minimum absolute atomic E-state index is 0.313. The number of hydrogen-bond acceptors (Lipinski definition) is 1. The fourth-order valence-corrected chi connectivity index (χ4v) is 2.44. The highest BCUT2D eigenvalue weighted by atomic mass is 19.4. The summed E-state index contributed by atoms with van der Waals surface area (Å²) in [5.74, 6) is -0.372. The highest BCUT2D eigenvalue weighted by Crippen LogP contribution is 2.30. The molecule has 0 aliphatic carbocycles. The van der Waals surface area contributed by atoms with Crippen molar-refractivity contribution >= 4 is 22.5 Å². The normalized spacial score (nSPS) is 11.7. The van der Waals surface area contributed by atoms with Crippen LogP contribution in [0.2, 0.25) is 0 Å². The second kappa shape index (κ2) is 5.46. The molecule has 0 radical (unpaired) electrons. The van der Waals surface area contributed by atoms with Gasteiger partial charge in [0.2, 0.25) is 0 Å². The fraction of sp³-hybridized carbons (Fsp3) is 0.118. The summed E-state index contributed by atoms with van der Waals surface area (Å²) in [5, 5.41) is 3.54. The van der Waals surface area contributed by atoms with E-state index in [0.29, 0.717) is 11.4 Å². The number of rotatable bonds is 2. The number of carbonyl (C=O) groups excluding carboxylic acids is 1. The molecule has 1 heterocycles. The van der Waals surface area contributed by atoms with Gasteiger partial charge < -0.3 is 9.88 Å². The molecule has 0 aliphatic rings. The Balaban J connectivity index is 1.85. The lowest BCUT2D eigenvalue weighted by Crippen LogP contribution is -2.15. The van der Waals surface area contributed by atoms with Crippen LogP contribution in [0.5, 0.6) is 0 Å². The van der Waals surface area contributed by atoms with E-state index >= 15 is 0 Å². The Morgan fingerprint density at radius 3 is 2.30 bits per heavy atom. The number of nitrogens with zero attached hydrogens (tertiary/aromatic N) is 1. The Morgan fingerprint density at radius 1 is 1.04 bits per heavy atom. The van der Waals surface area contributed by atoms with Gasteiger partial charge in [-0.05, 0) is 36.4 Å². The van der Waals surface area contributed by atoms with E-state index in [9.17, 15) is 18.0 Å². The number of anilines is 1. The maximum atomic E-state index is 12.5. The summed E-state index contributed by atoms with van der Waals surface area (Å²) in [5.41, 5.74) is 0.907. The quantitative estimate of drug-likeness (QED) is 0.744. The summed E-state index contributed by atoms with van der Waals surface area (Å²) in [6.45, 7) is 0. The van der Waals surface area contributed by atoms with Crippen LogP contribution in [0.15, 0.2) is 54.6 Å². The van der Waals surface area contributed by atoms with Crippen molar-refractivity contribution in [3.63, 3.8) is 0 Å². The van der Waals surface area contributed by atoms with E-state index < -0.39 is 11.7 Å². The molecule has 1 N–H and O–H groups in total. The Hall–Kier alpha value is -2.76. The lowest BCUT2D eigenvalue weighted by atomic mass is 10.2. The summed E-state index contributed by atoms with van der Waals surface area (Å²) in [4.78, 5) is 12.3. The number of carbonyl (C=O) groups is 1. The molecule has 0 saturated carbocycles. The standard InChI is InChI=1S/C17H13F3N2O/c1-22-14-5-3-2-4-11(14)10-15(22)16(23)21-13-8-6-12(7-9-13)17(18,19)20/h2-10H,1H3,(H,21,23). The number of halogens is 3. The zero-order valence-electron chi connectivity index (χ0n) is 12.2. The summed E-state index contributed by atoms with van der Waals surface area (Å²) >= 11 is 0. The number of para-hydroxylation sites is 1. The first kappa shape index (κ1) is 15.1. The zero-order chi connectivity index (χ0) is 16.6. The molecule has 6 heteroatoms. The maximum Gasteiger partial charge on any atom is 0.416 e. The number of nitrogens with one attached hydrogen (secondary N) is 1. The predicted octanol–water partition coefficient (Wildman–Crippen LogP) is 4.45. The monoisotopic (exact) mass is 318 g/mol. The summed E-state index contributed by atoms with van der Waals surface area (Å²) in [6, 6.07) is 13.6. The molecule has 0 fully saturated rings. The first-order valence-corrected chi connectivity index (χ1v) is 6.89. The summed E-state index contributed by atoms with van der Waals surface area (Å²) in [6.07, 6.45) is -4.39. The van der Waals surface area contributed by atoms with Gasteiger partial charge in [0, 0.05) is 23.6 Å². The van der Waals surface area contributed by atoms with Gasteiger partial charge in [-0.3, -0.25) is 4.79 Å². The minimum atomic E-state index is -4.39. The first-order valence-electron chi connectivity index (χ1n) is 6.89. The van der Waals surface area contributed by atoms with Crippen LogP contribution in [0.1, 0.15) is 16.1 Å². The van der Waals surface area contributed by atoms with E-state index in [-0.39, 0.29) is 5.91 Å². The zero-order valence-corrected chi connectivity index (χ0v) is 12.2. The van der Waals surface area contributed by atoms with E-state index in [2.05, 4.69) is 5.32 Å². The molecular formula is C17H13F3N2O. The molecular weight excluding hydrogens is 305 g/mol. The SMILES string of the molecule is Cn1c(C(=O)Nc2ccc(C(F)(F)F)cc2)cc2ccccc21. The largest absolute Gasteiger partial charge is 0.416 e. The van der Waals surface area contributed by atoms with Crippen molar-refractivity contribution in [1.29, 1.82) is 0 Å². The van der Waals surface area contributed by atoms with Crippen molar-refractivity contribution in [2.45, 2.75) is 6.18 Å².